The Morgan fingerprint density at radius 3 is 2.71 bits per heavy atom. The van der Waals surface area contributed by atoms with Crippen molar-refractivity contribution in [1.29, 1.82) is 10.5 Å². The topological polar surface area (TPSA) is 115 Å². The van der Waals surface area contributed by atoms with Crippen molar-refractivity contribution in [2.45, 2.75) is 19.1 Å². The molecule has 1 atom stereocenters. The maximum absolute atomic E-state index is 12.4. The van der Waals surface area contributed by atoms with Gasteiger partial charge in [0.05, 0.1) is 29.3 Å². The van der Waals surface area contributed by atoms with Crippen LogP contribution in [0, 0.1) is 22.7 Å². The molecule has 9 heteroatoms. The number of hydrogen-bond donors (Lipinski definition) is 2. The van der Waals surface area contributed by atoms with Gasteiger partial charge in [-0.15, -0.1) is 0 Å². The third kappa shape index (κ3) is 3.95. The third-order valence-corrected chi connectivity index (χ3v) is 4.70. The highest BCUT2D eigenvalue weighted by Gasteiger charge is 2.33. The van der Waals surface area contributed by atoms with Crippen LogP contribution in [-0.4, -0.2) is 30.2 Å². The number of nitriles is 2. The molecule has 3 rings (SSSR count). The molecule has 2 aromatic rings. The van der Waals surface area contributed by atoms with Crippen molar-refractivity contribution in [1.82, 2.24) is 5.32 Å². The van der Waals surface area contributed by atoms with Crippen molar-refractivity contribution in [3.63, 3.8) is 0 Å². The number of halogens is 1. The Hall–Kier alpha value is -3.04. The lowest BCUT2D eigenvalue weighted by atomic mass is 9.79. The van der Waals surface area contributed by atoms with Crippen LogP contribution in [0.4, 0.5) is 0 Å². The summed E-state index contributed by atoms with van der Waals surface area (Å²) in [5.41, 5.74) is 0.626. The van der Waals surface area contributed by atoms with Gasteiger partial charge in [0.15, 0.2) is 5.54 Å². The van der Waals surface area contributed by atoms with Crippen LogP contribution in [0.3, 0.4) is 0 Å². The van der Waals surface area contributed by atoms with Crippen molar-refractivity contribution in [2.75, 3.05) is 6.61 Å². The summed E-state index contributed by atoms with van der Waals surface area (Å²) in [4.78, 5) is 12.4. The van der Waals surface area contributed by atoms with Crippen molar-refractivity contribution in [2.24, 2.45) is 0 Å². The first-order chi connectivity index (χ1) is 13.4. The number of fused-ring (bicyclic) bond motifs is 1. The van der Waals surface area contributed by atoms with Crippen LogP contribution < -0.4 is 15.5 Å². The van der Waals surface area contributed by atoms with Crippen LogP contribution in [0.1, 0.15) is 28.4 Å². The fourth-order valence-electron chi connectivity index (χ4n) is 2.71. The van der Waals surface area contributed by atoms with Crippen LogP contribution in [0.2, 0.25) is 5.02 Å². The minimum Gasteiger partial charge on any atom is -0.488 e. The summed E-state index contributed by atoms with van der Waals surface area (Å²) in [6, 6.07) is 13.4. The number of nitrogens with zero attached hydrogens (tertiary/aromatic N) is 2. The van der Waals surface area contributed by atoms with Crippen molar-refractivity contribution < 1.29 is 19.2 Å². The van der Waals surface area contributed by atoms with Gasteiger partial charge in [-0.3, -0.25) is 4.79 Å². The Labute approximate surface area is 167 Å². The summed E-state index contributed by atoms with van der Waals surface area (Å²) < 4.78 is 10.8. The molecule has 1 aliphatic heterocycles. The fourth-order valence-corrected chi connectivity index (χ4v) is 3.04. The second-order valence-electron chi connectivity index (χ2n) is 6.49. The lowest BCUT2D eigenvalue weighted by Gasteiger charge is -2.24. The number of benzene rings is 2. The quantitative estimate of drug-likeness (QED) is 0.742. The first-order valence-electron chi connectivity index (χ1n) is 8.34. The molecule has 2 N–H and O–H groups in total. The summed E-state index contributed by atoms with van der Waals surface area (Å²) in [7, 11) is -1.12. The number of carbonyl (C=O) groups excluding carboxylic acids is 1. The molecule has 0 aliphatic carbocycles. The Balaban J connectivity index is 1.71. The average molecular weight is 396 g/mol. The molecule has 0 radical (unpaired) electrons. The van der Waals surface area contributed by atoms with E-state index in [2.05, 4.69) is 5.32 Å². The van der Waals surface area contributed by atoms with Crippen molar-refractivity contribution >= 4 is 30.1 Å². The molecule has 1 amide bonds. The SMILES string of the molecule is CC(C#N)(COc1ccc2c(c1Cl)B(O)OC2)NC(=O)c1ccc(C#N)cc1. The Kier molecular flexibility index (Phi) is 5.57. The molecule has 0 spiro atoms. The largest absolute Gasteiger partial charge is 0.493 e. The van der Waals surface area contributed by atoms with Gasteiger partial charge in [-0.05, 0) is 42.8 Å². The van der Waals surface area contributed by atoms with Gasteiger partial charge in [0.1, 0.15) is 12.4 Å². The van der Waals surface area contributed by atoms with E-state index >= 15 is 0 Å². The van der Waals surface area contributed by atoms with Crippen LogP contribution in [0.25, 0.3) is 0 Å². The van der Waals surface area contributed by atoms with Crippen LogP contribution in [0.5, 0.6) is 5.75 Å². The highest BCUT2D eigenvalue weighted by Crippen LogP contribution is 2.28. The molecule has 7 nitrogen and oxygen atoms in total. The molecule has 140 valence electrons. The number of carbonyl (C=O) groups is 1. The Bertz CT molecular complexity index is 1000. The van der Waals surface area contributed by atoms with E-state index in [0.717, 1.165) is 5.56 Å². The predicted molar refractivity (Wildman–Crippen MR) is 102 cm³/mol. The number of nitrogens with one attached hydrogen (secondary N) is 1. The zero-order valence-electron chi connectivity index (χ0n) is 14.9. The lowest BCUT2D eigenvalue weighted by Crippen LogP contribution is -2.49. The second kappa shape index (κ2) is 7.91. The van der Waals surface area contributed by atoms with E-state index in [4.69, 9.17) is 26.3 Å². The predicted octanol–water partition coefficient (Wildman–Crippen LogP) is 1.52. The zero-order valence-corrected chi connectivity index (χ0v) is 15.7. The van der Waals surface area contributed by atoms with Crippen LogP contribution >= 0.6 is 11.6 Å². The number of amides is 1. The molecule has 0 bridgehead atoms. The van der Waals surface area contributed by atoms with Gasteiger partial charge in [0.2, 0.25) is 0 Å². The maximum Gasteiger partial charge on any atom is 0.493 e. The minimum atomic E-state index is -1.33. The first-order valence-corrected chi connectivity index (χ1v) is 8.72. The monoisotopic (exact) mass is 395 g/mol. The van der Waals surface area contributed by atoms with E-state index in [1.54, 1.807) is 12.1 Å². The molecule has 1 heterocycles. The molecule has 1 aliphatic rings. The summed E-state index contributed by atoms with van der Waals surface area (Å²) in [5, 5.41) is 31.0. The van der Waals surface area contributed by atoms with E-state index in [1.165, 1.54) is 31.2 Å². The Morgan fingerprint density at radius 1 is 1.36 bits per heavy atom. The summed E-state index contributed by atoms with van der Waals surface area (Å²) in [5.74, 6) is -0.194. The fraction of sp³-hybridized carbons (Fsp3) is 0.211. The van der Waals surface area contributed by atoms with E-state index in [-0.39, 0.29) is 24.0 Å². The number of hydrogen-bond acceptors (Lipinski definition) is 6. The zero-order chi connectivity index (χ0) is 20.3. The first kappa shape index (κ1) is 19.7. The van der Waals surface area contributed by atoms with Gasteiger partial charge < -0.3 is 19.7 Å². The standard InChI is InChI=1S/C19H15BClN3O4/c1-19(10-23,24-18(25)13-4-2-12(8-22)3-5-13)11-27-15-7-6-14-9-28-20(26)16(14)17(15)21/h2-7,26H,9,11H2,1H3,(H,24,25). The molecule has 1 unspecified atom stereocenters. The molecule has 0 saturated heterocycles. The third-order valence-electron chi connectivity index (χ3n) is 4.31. The van der Waals surface area contributed by atoms with Crippen LogP contribution in [0.15, 0.2) is 36.4 Å². The molecular weight excluding hydrogens is 380 g/mol. The Morgan fingerprint density at radius 2 is 2.07 bits per heavy atom. The highest BCUT2D eigenvalue weighted by atomic mass is 35.5. The minimum absolute atomic E-state index is 0.166. The van der Waals surface area contributed by atoms with Crippen LogP contribution in [-0.2, 0) is 11.3 Å². The molecule has 0 aromatic heterocycles. The van der Waals surface area contributed by atoms with E-state index in [1.807, 2.05) is 12.1 Å². The summed E-state index contributed by atoms with van der Waals surface area (Å²) >= 11 is 6.29. The second-order valence-corrected chi connectivity index (χ2v) is 6.87. The maximum atomic E-state index is 12.4. The normalized spacial score (nSPS) is 14.4. The average Bonchev–Trinajstić information content (AvgIpc) is 3.09. The van der Waals surface area contributed by atoms with E-state index < -0.39 is 18.6 Å². The molecule has 0 saturated carbocycles. The lowest BCUT2D eigenvalue weighted by molar-refractivity contribution is 0.0901. The van der Waals surface area contributed by atoms with Gasteiger partial charge in [-0.2, -0.15) is 10.5 Å². The van der Waals surface area contributed by atoms with Gasteiger partial charge in [0, 0.05) is 11.0 Å². The smallest absolute Gasteiger partial charge is 0.488 e. The summed E-state index contributed by atoms with van der Waals surface area (Å²) in [6.07, 6.45) is 0. The molecular formula is C19H15BClN3O4. The van der Waals surface area contributed by atoms with Gasteiger partial charge >= 0.3 is 7.12 Å². The van der Waals surface area contributed by atoms with Gasteiger partial charge in [-0.1, -0.05) is 17.7 Å². The molecule has 28 heavy (non-hydrogen) atoms. The van der Waals surface area contributed by atoms with Gasteiger partial charge in [0.25, 0.3) is 5.91 Å². The number of ether oxygens (including phenoxy) is 1. The van der Waals surface area contributed by atoms with Gasteiger partial charge in [-0.25, -0.2) is 0 Å². The van der Waals surface area contributed by atoms with E-state index in [0.29, 0.717) is 16.6 Å². The molecule has 2 aromatic carbocycles. The van der Waals surface area contributed by atoms with E-state index in [9.17, 15) is 15.1 Å². The highest BCUT2D eigenvalue weighted by molar-refractivity contribution is 6.65. The molecule has 0 fully saturated rings. The summed E-state index contributed by atoms with van der Waals surface area (Å²) in [6.45, 7) is 1.61. The van der Waals surface area contributed by atoms with Crippen molar-refractivity contribution in [3.8, 4) is 17.9 Å². The number of rotatable bonds is 5. The van der Waals surface area contributed by atoms with Crippen molar-refractivity contribution in [3.05, 3.63) is 58.1 Å².